The third kappa shape index (κ3) is 19.9. The lowest BCUT2D eigenvalue weighted by molar-refractivity contribution is -0.142. The molecule has 0 bridgehead atoms. The highest BCUT2D eigenvalue weighted by atomic mass is 16.4. The largest absolute Gasteiger partial charge is 0.480 e. The molecule has 6 rings (SSSR count). The minimum atomic E-state index is -1.15. The van der Waals surface area contributed by atoms with Gasteiger partial charge < -0.3 is 70.5 Å². The number of carboxylic acids is 6. The molecule has 1 aromatic carbocycles. The summed E-state index contributed by atoms with van der Waals surface area (Å²) in [5.74, 6) is -5.30. The topological polar surface area (TPSA) is 391 Å². The van der Waals surface area contributed by atoms with Crippen LogP contribution in [0.25, 0.3) is 0 Å². The van der Waals surface area contributed by atoms with Crippen molar-refractivity contribution in [1.82, 2.24) is 63.9 Å². The fourth-order valence-corrected chi connectivity index (χ4v) is 9.43. The summed E-state index contributed by atoms with van der Waals surface area (Å²) in [6, 6.07) is 4.53. The number of aliphatic hydroxyl groups is 1. The summed E-state index contributed by atoms with van der Waals surface area (Å²) >= 11 is 0. The van der Waals surface area contributed by atoms with E-state index < -0.39 is 73.6 Å². The van der Waals surface area contributed by atoms with Crippen molar-refractivity contribution in [2.45, 2.75) is 63.4 Å². The van der Waals surface area contributed by atoms with Crippen molar-refractivity contribution in [2.24, 2.45) is 0 Å². The number of unbranched alkanes of at least 4 members (excludes halogenated alkanes) is 1. The van der Waals surface area contributed by atoms with E-state index in [2.05, 4.69) is 35.9 Å². The number of rotatable bonds is 30. The molecule has 3 aromatic heterocycles. The number of carboxylic acid groups (broad SMARTS) is 6. The standard InChI is InChI=1S/C49H70N16O14/c66-32-37(33-67)65-16-11-52-40(65)26-60(25-39-51-10-15-64(39)31-45(76)77)12-2-1-3-38(46(78)79)54-48-55-47(56-49(57-48)62-13-8-50-9-14-62)53-35-6-4-34(5-7-35)23-36-24-61(29-43(72)73)20-19-58(27-41(68)69)17-18-59(28-42(70)71)21-22-63(36)30-44(74)75/h4-7,10-11,15-16,32,36-38,50,67H,1-3,8-9,12-14,17-31,33H2,(H,68,69)(H,70,71)(H,72,73)(H,74,75)(H,76,77)(H,78,79)(H2,53,54,55,56,57)/t36?,37?,38-/m0/s1. The van der Waals surface area contributed by atoms with Crippen LogP contribution in [0.3, 0.4) is 0 Å². The average molecular weight is 1110 g/mol. The first-order valence-corrected chi connectivity index (χ1v) is 25.8. The van der Waals surface area contributed by atoms with Crippen LogP contribution in [0.5, 0.6) is 0 Å². The summed E-state index contributed by atoms with van der Waals surface area (Å²) in [4.78, 5) is 117. The minimum Gasteiger partial charge on any atom is -0.480 e. The number of nitrogens with zero attached hydrogens (tertiary/aromatic N) is 13. The van der Waals surface area contributed by atoms with Gasteiger partial charge in [0.15, 0.2) is 0 Å². The van der Waals surface area contributed by atoms with Gasteiger partial charge in [-0.15, -0.1) is 0 Å². The average Bonchev–Trinajstić information content (AvgIpc) is 4.05. The van der Waals surface area contributed by atoms with Crippen LogP contribution in [-0.2, 0) is 59.6 Å². The van der Waals surface area contributed by atoms with Crippen molar-refractivity contribution in [1.29, 1.82) is 0 Å². The molecular weight excluding hydrogens is 1040 g/mol. The van der Waals surface area contributed by atoms with Crippen molar-refractivity contribution >= 4 is 65.6 Å². The molecule has 0 spiro atoms. The number of carbonyl (C=O) groups is 7. The molecule has 2 unspecified atom stereocenters. The second-order valence-corrected chi connectivity index (χ2v) is 19.3. The fourth-order valence-electron chi connectivity index (χ4n) is 9.43. The fraction of sp³-hybridized carbons (Fsp3) is 0.551. The third-order valence-electron chi connectivity index (χ3n) is 13.4. The number of imidazole rings is 2. The zero-order chi connectivity index (χ0) is 56.8. The summed E-state index contributed by atoms with van der Waals surface area (Å²) < 4.78 is 3.06. The van der Waals surface area contributed by atoms with Gasteiger partial charge in [0.25, 0.3) is 0 Å². The first-order valence-electron chi connectivity index (χ1n) is 25.8. The molecule has 5 heterocycles. The van der Waals surface area contributed by atoms with Crippen LogP contribution in [0, 0.1) is 0 Å². The number of hydrogen-bond acceptors (Lipinski definition) is 22. The van der Waals surface area contributed by atoms with Crippen molar-refractivity contribution in [3.8, 4) is 0 Å². The number of aliphatic carboxylic acids is 6. The molecule has 0 amide bonds. The van der Waals surface area contributed by atoms with Crippen molar-refractivity contribution in [3.63, 3.8) is 0 Å². The van der Waals surface area contributed by atoms with Crippen LogP contribution in [0.15, 0.2) is 49.1 Å². The van der Waals surface area contributed by atoms with Gasteiger partial charge in [-0.1, -0.05) is 12.1 Å². The van der Waals surface area contributed by atoms with Crippen LogP contribution in [0.1, 0.15) is 42.5 Å². The minimum absolute atomic E-state index is 0.00217. The number of aromatic nitrogens is 7. The number of aldehydes is 1. The number of benzene rings is 1. The Morgan fingerprint density at radius 2 is 1.27 bits per heavy atom. The molecule has 30 heteroatoms. The summed E-state index contributed by atoms with van der Waals surface area (Å²) in [5, 5.41) is 78.4. The molecule has 4 aromatic rings. The number of carbonyl (C=O) groups excluding carboxylic acids is 1. The first kappa shape index (κ1) is 60.5. The van der Waals surface area contributed by atoms with Crippen molar-refractivity contribution < 1.29 is 69.3 Å². The summed E-state index contributed by atoms with van der Waals surface area (Å²) in [6.07, 6.45) is 8.04. The van der Waals surface area contributed by atoms with Crippen LogP contribution < -0.4 is 20.9 Å². The second kappa shape index (κ2) is 30.4. The van der Waals surface area contributed by atoms with Crippen molar-refractivity contribution in [3.05, 3.63) is 66.3 Å². The Morgan fingerprint density at radius 1 is 0.684 bits per heavy atom. The van der Waals surface area contributed by atoms with Crippen LogP contribution >= 0.6 is 0 Å². The van der Waals surface area contributed by atoms with E-state index in [1.54, 1.807) is 60.8 Å². The van der Waals surface area contributed by atoms with E-state index in [1.807, 2.05) is 9.80 Å². The predicted molar refractivity (Wildman–Crippen MR) is 281 cm³/mol. The maximum absolute atomic E-state index is 12.8. The van der Waals surface area contributed by atoms with Gasteiger partial charge in [0.2, 0.25) is 17.8 Å². The molecule has 2 fully saturated rings. The summed E-state index contributed by atoms with van der Waals surface area (Å²) in [5.41, 5.74) is 1.29. The maximum Gasteiger partial charge on any atom is 0.326 e. The smallest absolute Gasteiger partial charge is 0.326 e. The zero-order valence-corrected chi connectivity index (χ0v) is 43.7. The highest BCUT2D eigenvalue weighted by Gasteiger charge is 2.29. The van der Waals surface area contributed by atoms with Gasteiger partial charge in [-0.25, -0.2) is 14.8 Å². The van der Waals surface area contributed by atoms with Crippen molar-refractivity contribution in [2.75, 3.05) is 127 Å². The first-order chi connectivity index (χ1) is 37.9. The van der Waals surface area contributed by atoms with Gasteiger partial charge in [-0.2, -0.15) is 15.0 Å². The molecule has 2 saturated heterocycles. The molecule has 0 saturated carbocycles. The van der Waals surface area contributed by atoms with Gasteiger partial charge in [-0.05, 0) is 49.9 Å². The van der Waals surface area contributed by atoms with E-state index in [-0.39, 0.29) is 103 Å². The Morgan fingerprint density at radius 3 is 1.89 bits per heavy atom. The van der Waals surface area contributed by atoms with Crippen LogP contribution in [0.2, 0.25) is 0 Å². The van der Waals surface area contributed by atoms with E-state index in [4.69, 9.17) is 4.98 Å². The number of piperazine rings is 1. The van der Waals surface area contributed by atoms with Crippen LogP contribution in [-0.4, -0.2) is 260 Å². The summed E-state index contributed by atoms with van der Waals surface area (Å²) in [7, 11) is 0. The molecule has 30 nitrogen and oxygen atoms in total. The molecule has 10 N–H and O–H groups in total. The number of hydrogen-bond donors (Lipinski definition) is 10. The maximum atomic E-state index is 12.8. The van der Waals surface area contributed by atoms with E-state index in [0.29, 0.717) is 75.1 Å². The van der Waals surface area contributed by atoms with Gasteiger partial charge in [-0.3, -0.25) is 48.5 Å². The van der Waals surface area contributed by atoms with Crippen LogP contribution in [0.4, 0.5) is 23.5 Å². The highest BCUT2D eigenvalue weighted by Crippen LogP contribution is 2.22. The number of nitrogens with one attached hydrogen (secondary N) is 3. The Balaban J connectivity index is 1.18. The molecule has 79 heavy (non-hydrogen) atoms. The van der Waals surface area contributed by atoms with Gasteiger partial charge >= 0.3 is 35.8 Å². The normalized spacial score (nSPS) is 17.3. The predicted octanol–water partition coefficient (Wildman–Crippen LogP) is -1.56. The Bertz CT molecular complexity index is 2650. The lowest BCUT2D eigenvalue weighted by Gasteiger charge is -2.37. The Hall–Kier alpha value is -7.74. The van der Waals surface area contributed by atoms with E-state index >= 15 is 0 Å². The Labute approximate surface area is 454 Å². The van der Waals surface area contributed by atoms with Gasteiger partial charge in [0, 0.05) is 109 Å². The lowest BCUT2D eigenvalue weighted by Crippen LogP contribution is -2.53. The molecule has 0 aliphatic carbocycles. The SMILES string of the molecule is O=CC(CO)n1ccnc1CN(CCCC[C@H](Nc1nc(Nc2ccc(CC3CN(CC(=O)O)CCN(CC(=O)O)CCN(CC(=O)O)CCN3CC(=O)O)cc2)nc(N2CCNCC2)n1)C(=O)O)Cc1nccn1CC(=O)O. The number of aliphatic hydroxyl groups excluding tert-OH is 1. The van der Waals surface area contributed by atoms with Gasteiger partial charge in [0.05, 0.1) is 45.9 Å². The highest BCUT2D eigenvalue weighted by molar-refractivity contribution is 5.76. The van der Waals surface area contributed by atoms with E-state index in [9.17, 15) is 69.3 Å². The monoisotopic (exact) mass is 1110 g/mol. The molecule has 3 atom stereocenters. The Kier molecular flexibility index (Phi) is 23.3. The van der Waals surface area contributed by atoms with E-state index in [1.165, 1.54) is 17.0 Å². The molecular formula is C49H70N16O14. The quantitative estimate of drug-likeness (QED) is 0.0209. The zero-order valence-electron chi connectivity index (χ0n) is 43.7. The molecule has 430 valence electrons. The second-order valence-electron chi connectivity index (χ2n) is 19.3. The molecule has 2 aliphatic rings. The molecule has 0 radical (unpaired) electrons. The molecule has 2 aliphatic heterocycles. The third-order valence-corrected chi connectivity index (χ3v) is 13.4. The van der Waals surface area contributed by atoms with E-state index in [0.717, 1.165) is 5.56 Å². The summed E-state index contributed by atoms with van der Waals surface area (Å²) in [6.45, 7) is 1.98. The van der Waals surface area contributed by atoms with Gasteiger partial charge in [0.1, 0.15) is 36.6 Å². The lowest BCUT2D eigenvalue weighted by atomic mass is 10.0. The number of anilines is 4.